The molecule has 0 saturated carbocycles. The number of rotatable bonds is 4. The first-order valence-electron chi connectivity index (χ1n) is 7.67. The van der Waals surface area contributed by atoms with Gasteiger partial charge >= 0.3 is 0 Å². The van der Waals surface area contributed by atoms with Gasteiger partial charge in [-0.05, 0) is 46.5 Å². The van der Waals surface area contributed by atoms with E-state index in [2.05, 4.69) is 36.4 Å². The summed E-state index contributed by atoms with van der Waals surface area (Å²) in [5.74, 6) is 0. The molecule has 0 fully saturated rings. The summed E-state index contributed by atoms with van der Waals surface area (Å²) in [6, 6.07) is 23.9. The molecule has 0 spiro atoms. The molecule has 0 bridgehead atoms. The second-order valence-electron chi connectivity index (χ2n) is 5.41. The average molecular weight is 351 g/mol. The summed E-state index contributed by atoms with van der Waals surface area (Å²) in [6.07, 6.45) is 8.34. The van der Waals surface area contributed by atoms with E-state index >= 15 is 0 Å². The van der Waals surface area contributed by atoms with Crippen molar-refractivity contribution >= 4 is 47.5 Å². The predicted molar refractivity (Wildman–Crippen MR) is 107 cm³/mol. The molecule has 0 unspecified atom stereocenters. The lowest BCUT2D eigenvalue weighted by Gasteiger charge is -2.01. The van der Waals surface area contributed by atoms with E-state index < -0.39 is 0 Å². The van der Waals surface area contributed by atoms with Crippen molar-refractivity contribution in [1.82, 2.24) is 0 Å². The minimum atomic E-state index is 0.742. The highest BCUT2D eigenvalue weighted by Gasteiger charge is 1.96. The van der Waals surface area contributed by atoms with Crippen LogP contribution in [0.3, 0.4) is 0 Å². The van der Waals surface area contributed by atoms with Crippen molar-refractivity contribution in [3.8, 4) is 0 Å². The molecule has 0 atom stereocenters. The number of hydrogen-bond acceptors (Lipinski definition) is 0. The molecule has 0 amide bonds. The molecule has 0 saturated heterocycles. The molecule has 3 aromatic rings. The third-order valence-electron chi connectivity index (χ3n) is 3.60. The van der Waals surface area contributed by atoms with Gasteiger partial charge in [-0.3, -0.25) is 0 Å². The first-order valence-corrected chi connectivity index (χ1v) is 8.43. The summed E-state index contributed by atoms with van der Waals surface area (Å²) >= 11 is 12.1. The van der Waals surface area contributed by atoms with Gasteiger partial charge in [-0.1, -0.05) is 96.0 Å². The number of hydrogen-bond donors (Lipinski definition) is 0. The molecule has 0 aliphatic carbocycles. The van der Waals surface area contributed by atoms with Crippen LogP contribution in [0.5, 0.6) is 0 Å². The van der Waals surface area contributed by atoms with Crippen LogP contribution in [0.2, 0.25) is 10.0 Å². The summed E-state index contributed by atoms with van der Waals surface area (Å²) in [5, 5.41) is 1.48. The van der Waals surface area contributed by atoms with E-state index in [-0.39, 0.29) is 0 Å². The van der Waals surface area contributed by atoms with E-state index in [9.17, 15) is 0 Å². The number of halogens is 2. The maximum Gasteiger partial charge on any atom is 0.0411 e. The van der Waals surface area contributed by atoms with E-state index in [1.165, 1.54) is 0 Å². The Kier molecular flexibility index (Phi) is 5.53. The van der Waals surface area contributed by atoms with E-state index in [1.54, 1.807) is 0 Å². The molecule has 118 valence electrons. The van der Waals surface area contributed by atoms with Crippen LogP contribution < -0.4 is 0 Å². The lowest BCUT2D eigenvalue weighted by Crippen LogP contribution is -1.80. The van der Waals surface area contributed by atoms with Crippen molar-refractivity contribution in [1.29, 1.82) is 0 Å². The van der Waals surface area contributed by atoms with Crippen molar-refractivity contribution in [2.75, 3.05) is 0 Å². The molecule has 0 nitrogen and oxygen atoms in total. The highest BCUT2D eigenvalue weighted by atomic mass is 35.5. The van der Waals surface area contributed by atoms with Crippen molar-refractivity contribution in [2.24, 2.45) is 0 Å². The molecule has 0 heterocycles. The van der Waals surface area contributed by atoms with Gasteiger partial charge in [0, 0.05) is 10.0 Å². The fraction of sp³-hybridized carbons (Fsp3) is 0. The molecule has 0 aromatic heterocycles. The minimum absolute atomic E-state index is 0.742. The van der Waals surface area contributed by atoms with E-state index in [1.807, 2.05) is 60.7 Å². The van der Waals surface area contributed by atoms with E-state index in [0.29, 0.717) is 0 Å². The molecule has 2 heteroatoms. The molecule has 3 rings (SSSR count). The fourth-order valence-electron chi connectivity index (χ4n) is 2.41. The maximum atomic E-state index is 6.03. The lowest BCUT2D eigenvalue weighted by molar-refractivity contribution is 1.61. The van der Waals surface area contributed by atoms with Gasteiger partial charge in [0.15, 0.2) is 0 Å². The zero-order valence-electron chi connectivity index (χ0n) is 13.0. The van der Waals surface area contributed by atoms with Gasteiger partial charge in [0.05, 0.1) is 0 Å². The summed E-state index contributed by atoms with van der Waals surface area (Å²) in [5.41, 5.74) is 4.46. The third kappa shape index (κ3) is 4.61. The summed E-state index contributed by atoms with van der Waals surface area (Å²) in [7, 11) is 0. The lowest BCUT2D eigenvalue weighted by atomic mass is 10.0. The van der Waals surface area contributed by atoms with Gasteiger partial charge in [-0.25, -0.2) is 0 Å². The zero-order valence-corrected chi connectivity index (χ0v) is 14.5. The Morgan fingerprint density at radius 2 is 0.958 bits per heavy atom. The molecule has 0 N–H and O–H groups in total. The van der Waals surface area contributed by atoms with Crippen LogP contribution in [0.25, 0.3) is 24.3 Å². The van der Waals surface area contributed by atoms with Crippen LogP contribution in [0, 0.1) is 0 Å². The second-order valence-corrected chi connectivity index (χ2v) is 6.28. The van der Waals surface area contributed by atoms with E-state index in [0.717, 1.165) is 32.3 Å². The number of benzene rings is 3. The Labute approximate surface area is 152 Å². The van der Waals surface area contributed by atoms with Crippen LogP contribution in [-0.4, -0.2) is 0 Å². The summed E-state index contributed by atoms with van der Waals surface area (Å²) < 4.78 is 0. The zero-order chi connectivity index (χ0) is 16.8. The van der Waals surface area contributed by atoms with Gasteiger partial charge in [0.1, 0.15) is 0 Å². The van der Waals surface area contributed by atoms with Gasteiger partial charge in [-0.15, -0.1) is 0 Å². The Bertz CT molecular complexity index is 817. The molecule has 24 heavy (non-hydrogen) atoms. The minimum Gasteiger partial charge on any atom is -0.0843 e. The predicted octanol–water partition coefficient (Wildman–Crippen LogP) is 7.33. The quantitative estimate of drug-likeness (QED) is 0.432. The van der Waals surface area contributed by atoms with Crippen LogP contribution in [0.4, 0.5) is 0 Å². The molecular formula is C22H16Cl2. The SMILES string of the molecule is Clc1cccc(/C=C/c2ccccc2/C=C/c2cccc(Cl)c2)c1. The Balaban J connectivity index is 1.85. The molecule has 0 radical (unpaired) electrons. The standard InChI is InChI=1S/C22H16Cl2/c23-21-9-3-5-17(15-21)11-13-19-7-1-2-8-20(19)14-12-18-6-4-10-22(24)16-18/h1-16H/b13-11+,14-12+. The van der Waals surface area contributed by atoms with Crippen LogP contribution in [-0.2, 0) is 0 Å². The summed E-state index contributed by atoms with van der Waals surface area (Å²) in [6.45, 7) is 0. The van der Waals surface area contributed by atoms with Gasteiger partial charge in [0.25, 0.3) is 0 Å². The molecule has 0 aliphatic rings. The summed E-state index contributed by atoms with van der Waals surface area (Å²) in [4.78, 5) is 0. The van der Waals surface area contributed by atoms with Gasteiger partial charge < -0.3 is 0 Å². The third-order valence-corrected chi connectivity index (χ3v) is 4.07. The van der Waals surface area contributed by atoms with Crippen molar-refractivity contribution in [3.63, 3.8) is 0 Å². The second kappa shape index (κ2) is 8.01. The topological polar surface area (TPSA) is 0 Å². The first-order chi connectivity index (χ1) is 11.7. The first kappa shape index (κ1) is 16.6. The van der Waals surface area contributed by atoms with Crippen LogP contribution in [0.15, 0.2) is 72.8 Å². The Hall–Kier alpha value is -2.28. The average Bonchev–Trinajstić information content (AvgIpc) is 2.59. The normalized spacial score (nSPS) is 11.4. The highest BCUT2D eigenvalue weighted by Crippen LogP contribution is 2.19. The van der Waals surface area contributed by atoms with E-state index in [4.69, 9.17) is 23.2 Å². The van der Waals surface area contributed by atoms with Crippen LogP contribution in [0.1, 0.15) is 22.3 Å². The van der Waals surface area contributed by atoms with Crippen molar-refractivity contribution in [2.45, 2.75) is 0 Å². The largest absolute Gasteiger partial charge is 0.0843 e. The van der Waals surface area contributed by atoms with Gasteiger partial charge in [0.2, 0.25) is 0 Å². The van der Waals surface area contributed by atoms with Gasteiger partial charge in [-0.2, -0.15) is 0 Å². The van der Waals surface area contributed by atoms with Crippen molar-refractivity contribution < 1.29 is 0 Å². The van der Waals surface area contributed by atoms with Crippen LogP contribution >= 0.6 is 23.2 Å². The Morgan fingerprint density at radius 1 is 0.500 bits per heavy atom. The molecular weight excluding hydrogens is 335 g/mol. The van der Waals surface area contributed by atoms with Crippen molar-refractivity contribution in [3.05, 3.63) is 105 Å². The molecule has 3 aromatic carbocycles. The highest BCUT2D eigenvalue weighted by molar-refractivity contribution is 6.31. The molecule has 0 aliphatic heterocycles. The smallest absolute Gasteiger partial charge is 0.0411 e. The monoisotopic (exact) mass is 350 g/mol. The fourth-order valence-corrected chi connectivity index (χ4v) is 2.80. The maximum absolute atomic E-state index is 6.03. The Morgan fingerprint density at radius 3 is 1.38 bits per heavy atom.